The van der Waals surface area contributed by atoms with Gasteiger partial charge in [-0.3, -0.25) is 9.97 Å². The molecular formula is C20H13F3N4O. The fourth-order valence-electron chi connectivity index (χ4n) is 2.94. The summed E-state index contributed by atoms with van der Waals surface area (Å²) in [6, 6.07) is 12.7. The van der Waals surface area contributed by atoms with E-state index in [0.717, 1.165) is 17.5 Å². The minimum Gasteiger partial charge on any atom is -0.308 e. The van der Waals surface area contributed by atoms with Crippen molar-refractivity contribution < 1.29 is 18.0 Å². The zero-order valence-corrected chi connectivity index (χ0v) is 14.3. The average Bonchev–Trinajstić information content (AvgIpc) is 2.68. The summed E-state index contributed by atoms with van der Waals surface area (Å²) in [6.45, 7) is 0. The Kier molecular flexibility index (Phi) is 4.31. The van der Waals surface area contributed by atoms with Crippen molar-refractivity contribution in [1.29, 1.82) is 0 Å². The van der Waals surface area contributed by atoms with Crippen molar-refractivity contribution in [1.82, 2.24) is 9.97 Å². The smallest absolute Gasteiger partial charge is 0.308 e. The summed E-state index contributed by atoms with van der Waals surface area (Å²) in [6.07, 6.45) is -1.20. The molecule has 0 bridgehead atoms. The molecule has 2 N–H and O–H groups in total. The first-order valence-electron chi connectivity index (χ1n) is 8.29. The summed E-state index contributed by atoms with van der Waals surface area (Å²) in [5.41, 5.74) is 0.999. The van der Waals surface area contributed by atoms with Crippen LogP contribution in [0.4, 0.5) is 29.3 Å². The highest BCUT2D eigenvalue weighted by Crippen LogP contribution is 2.31. The van der Waals surface area contributed by atoms with Crippen molar-refractivity contribution in [3.05, 3.63) is 72.6 Å². The molecule has 4 aromatic rings. The van der Waals surface area contributed by atoms with Crippen LogP contribution in [0.2, 0.25) is 0 Å². The first-order chi connectivity index (χ1) is 13.4. The highest BCUT2D eigenvalue weighted by molar-refractivity contribution is 6.13. The van der Waals surface area contributed by atoms with Gasteiger partial charge >= 0.3 is 12.2 Å². The van der Waals surface area contributed by atoms with E-state index in [1.165, 1.54) is 12.1 Å². The molecule has 0 spiro atoms. The van der Waals surface area contributed by atoms with Gasteiger partial charge in [0.2, 0.25) is 0 Å². The number of anilines is 2. The molecule has 2 amide bonds. The molecule has 140 valence electrons. The third kappa shape index (κ3) is 3.44. The van der Waals surface area contributed by atoms with Crippen LogP contribution in [0, 0.1) is 0 Å². The largest absolute Gasteiger partial charge is 0.416 e. The van der Waals surface area contributed by atoms with E-state index in [1.54, 1.807) is 36.7 Å². The Morgan fingerprint density at radius 1 is 0.857 bits per heavy atom. The maximum atomic E-state index is 12.8. The van der Waals surface area contributed by atoms with Crippen LogP contribution in [0.3, 0.4) is 0 Å². The molecule has 2 heterocycles. The number of alkyl halides is 3. The predicted octanol–water partition coefficient (Wildman–Crippen LogP) is 5.45. The second-order valence-corrected chi connectivity index (χ2v) is 6.06. The lowest BCUT2D eigenvalue weighted by Gasteiger charge is -2.13. The van der Waals surface area contributed by atoms with E-state index in [2.05, 4.69) is 20.6 Å². The molecule has 0 aliphatic carbocycles. The number of carbonyl (C=O) groups is 1. The normalized spacial score (nSPS) is 11.5. The van der Waals surface area contributed by atoms with Gasteiger partial charge in [0.25, 0.3) is 0 Å². The molecule has 5 nitrogen and oxygen atoms in total. The van der Waals surface area contributed by atoms with Gasteiger partial charge in [-0.2, -0.15) is 13.2 Å². The lowest BCUT2D eigenvalue weighted by atomic mass is 10.1. The van der Waals surface area contributed by atoms with Crippen molar-refractivity contribution >= 4 is 39.2 Å². The average molecular weight is 382 g/mol. The third-order valence-corrected chi connectivity index (χ3v) is 4.16. The number of urea groups is 1. The number of rotatable bonds is 2. The van der Waals surface area contributed by atoms with E-state index < -0.39 is 17.8 Å². The molecule has 0 aliphatic rings. The van der Waals surface area contributed by atoms with E-state index >= 15 is 0 Å². The number of nitrogens with one attached hydrogen (secondary N) is 2. The van der Waals surface area contributed by atoms with Gasteiger partial charge in [-0.05, 0) is 42.5 Å². The number of aromatic nitrogens is 2. The van der Waals surface area contributed by atoms with Crippen molar-refractivity contribution in [2.75, 3.05) is 10.6 Å². The van der Waals surface area contributed by atoms with E-state index in [4.69, 9.17) is 0 Å². The number of pyridine rings is 2. The molecule has 0 aliphatic heterocycles. The number of carbonyl (C=O) groups excluding carboxylic acids is 1. The van der Waals surface area contributed by atoms with Crippen molar-refractivity contribution in [2.24, 2.45) is 0 Å². The molecule has 0 saturated carbocycles. The number of hydrogen-bond donors (Lipinski definition) is 2. The van der Waals surface area contributed by atoms with Crippen molar-refractivity contribution in [3.63, 3.8) is 0 Å². The van der Waals surface area contributed by atoms with Gasteiger partial charge in [0, 0.05) is 28.9 Å². The minimum absolute atomic E-state index is 0.0391. The van der Waals surface area contributed by atoms with Gasteiger partial charge in [0.15, 0.2) is 0 Å². The minimum atomic E-state index is -4.48. The number of halogens is 3. The molecule has 8 heteroatoms. The first kappa shape index (κ1) is 17.7. The summed E-state index contributed by atoms with van der Waals surface area (Å²) in [5, 5.41) is 6.57. The van der Waals surface area contributed by atoms with Crippen LogP contribution in [0.15, 0.2) is 67.0 Å². The second-order valence-electron chi connectivity index (χ2n) is 6.06. The lowest BCUT2D eigenvalue weighted by Crippen LogP contribution is -2.20. The maximum absolute atomic E-state index is 12.8. The van der Waals surface area contributed by atoms with Crippen LogP contribution in [0.1, 0.15) is 5.56 Å². The van der Waals surface area contributed by atoms with E-state index in [1.807, 2.05) is 6.07 Å². The quantitative estimate of drug-likeness (QED) is 0.453. The molecule has 0 atom stereocenters. The number of nitrogens with zero attached hydrogens (tertiary/aromatic N) is 2. The molecule has 0 unspecified atom stereocenters. The van der Waals surface area contributed by atoms with Crippen LogP contribution >= 0.6 is 0 Å². The van der Waals surface area contributed by atoms with Gasteiger partial charge in [-0.1, -0.05) is 12.1 Å². The molecule has 0 radical (unpaired) electrons. The summed E-state index contributed by atoms with van der Waals surface area (Å²) in [7, 11) is 0. The Morgan fingerprint density at radius 3 is 2.39 bits per heavy atom. The highest BCUT2D eigenvalue weighted by Gasteiger charge is 2.30. The Bertz CT molecular complexity index is 1190. The van der Waals surface area contributed by atoms with Crippen LogP contribution in [0.5, 0.6) is 0 Å². The zero-order valence-electron chi connectivity index (χ0n) is 14.3. The highest BCUT2D eigenvalue weighted by atomic mass is 19.4. The monoisotopic (exact) mass is 382 g/mol. The summed E-state index contributed by atoms with van der Waals surface area (Å²) in [5.74, 6) is 0. The van der Waals surface area contributed by atoms with Crippen molar-refractivity contribution in [2.45, 2.75) is 6.18 Å². The van der Waals surface area contributed by atoms with Gasteiger partial charge in [0.1, 0.15) is 0 Å². The van der Waals surface area contributed by atoms with Gasteiger partial charge in [-0.15, -0.1) is 0 Å². The van der Waals surface area contributed by atoms with Crippen LogP contribution < -0.4 is 10.6 Å². The number of benzene rings is 2. The summed E-state index contributed by atoms with van der Waals surface area (Å²) >= 11 is 0. The Morgan fingerprint density at radius 2 is 1.61 bits per heavy atom. The second kappa shape index (κ2) is 6.80. The van der Waals surface area contributed by atoms with Gasteiger partial charge in [0.05, 0.1) is 22.3 Å². The lowest BCUT2D eigenvalue weighted by molar-refractivity contribution is -0.137. The first-order valence-corrected chi connectivity index (χ1v) is 8.29. The number of hydrogen-bond acceptors (Lipinski definition) is 3. The molecule has 28 heavy (non-hydrogen) atoms. The van der Waals surface area contributed by atoms with Gasteiger partial charge < -0.3 is 10.6 Å². The molecule has 0 saturated heterocycles. The van der Waals surface area contributed by atoms with E-state index in [-0.39, 0.29) is 5.69 Å². The maximum Gasteiger partial charge on any atom is 0.416 e. The topological polar surface area (TPSA) is 66.9 Å². The Hall–Kier alpha value is -3.68. The molecule has 2 aromatic carbocycles. The SMILES string of the molecule is O=C(Nc1cccc(C(F)(F)F)c1)Nc1cc2cccnc2c2ncccc12. The zero-order chi connectivity index (χ0) is 19.7. The molecular weight excluding hydrogens is 369 g/mol. The van der Waals surface area contributed by atoms with E-state index in [9.17, 15) is 18.0 Å². The fraction of sp³-hybridized carbons (Fsp3) is 0.0500. The van der Waals surface area contributed by atoms with Crippen LogP contribution in [0.25, 0.3) is 21.8 Å². The van der Waals surface area contributed by atoms with Crippen LogP contribution in [-0.4, -0.2) is 16.0 Å². The summed E-state index contributed by atoms with van der Waals surface area (Å²) < 4.78 is 38.5. The molecule has 0 fully saturated rings. The third-order valence-electron chi connectivity index (χ3n) is 4.16. The molecule has 2 aromatic heterocycles. The molecule has 4 rings (SSSR count). The Balaban J connectivity index is 1.65. The standard InChI is InChI=1S/C20H13F3N4O/c21-20(22,23)13-5-1-6-14(11-13)26-19(28)27-16-10-12-4-2-8-24-17(12)18-15(16)7-3-9-25-18/h1-11H,(H2,26,27,28). The van der Waals surface area contributed by atoms with Crippen molar-refractivity contribution in [3.8, 4) is 0 Å². The van der Waals surface area contributed by atoms with Crippen LogP contribution in [-0.2, 0) is 6.18 Å². The van der Waals surface area contributed by atoms with E-state index in [0.29, 0.717) is 22.1 Å². The van der Waals surface area contributed by atoms with Gasteiger partial charge in [-0.25, -0.2) is 4.79 Å². The number of fused-ring (bicyclic) bond motifs is 3. The summed E-state index contributed by atoms with van der Waals surface area (Å²) in [4.78, 5) is 21.1. The Labute approximate surface area is 157 Å². The fourth-order valence-corrected chi connectivity index (χ4v) is 2.94. The number of amides is 2. The predicted molar refractivity (Wildman–Crippen MR) is 101 cm³/mol.